The zero-order chi connectivity index (χ0) is 13.4. The van der Waals surface area contributed by atoms with Crippen molar-refractivity contribution in [2.45, 2.75) is 0 Å². The van der Waals surface area contributed by atoms with Crippen molar-refractivity contribution in [1.29, 1.82) is 0 Å². The van der Waals surface area contributed by atoms with Gasteiger partial charge in [-0.1, -0.05) is 28.1 Å². The van der Waals surface area contributed by atoms with Crippen molar-refractivity contribution in [2.24, 2.45) is 0 Å². The lowest BCUT2D eigenvalue weighted by Gasteiger charge is -2.04. The molecule has 0 fully saturated rings. The number of nitro groups is 1. The van der Waals surface area contributed by atoms with Gasteiger partial charge in [0.2, 0.25) is 0 Å². The Morgan fingerprint density at radius 3 is 2.84 bits per heavy atom. The van der Waals surface area contributed by atoms with Crippen LogP contribution in [0.3, 0.4) is 0 Å². The van der Waals surface area contributed by atoms with Gasteiger partial charge >= 0.3 is 0 Å². The average molecular weight is 318 g/mol. The quantitative estimate of drug-likeness (QED) is 0.575. The second-order valence-electron chi connectivity index (χ2n) is 4.09. The van der Waals surface area contributed by atoms with Crippen LogP contribution in [0.2, 0.25) is 0 Å². The molecule has 1 aromatic heterocycles. The van der Waals surface area contributed by atoms with E-state index in [1.165, 1.54) is 6.07 Å². The van der Waals surface area contributed by atoms with Gasteiger partial charge in [0.25, 0.3) is 5.69 Å². The van der Waals surface area contributed by atoms with Crippen molar-refractivity contribution in [2.75, 3.05) is 0 Å². The maximum absolute atomic E-state index is 11.1. The maximum Gasteiger partial charge on any atom is 0.277 e. The van der Waals surface area contributed by atoms with Gasteiger partial charge in [-0.15, -0.1) is 0 Å². The summed E-state index contributed by atoms with van der Waals surface area (Å²) in [5.74, 6) is 0. The minimum atomic E-state index is -0.376. The number of hydrogen-bond donors (Lipinski definition) is 1. The molecule has 3 aromatic rings. The van der Waals surface area contributed by atoms with Crippen LogP contribution >= 0.6 is 15.9 Å². The van der Waals surface area contributed by atoms with Crippen LogP contribution < -0.4 is 0 Å². The number of H-pyrrole nitrogens is 1. The topological polar surface area (TPSA) is 71.8 Å². The van der Waals surface area contributed by atoms with Crippen LogP contribution in [0, 0.1) is 10.1 Å². The van der Waals surface area contributed by atoms with Gasteiger partial charge in [0, 0.05) is 15.9 Å². The van der Waals surface area contributed by atoms with E-state index in [-0.39, 0.29) is 10.6 Å². The fraction of sp³-hybridized carbons (Fsp3) is 0. The summed E-state index contributed by atoms with van der Waals surface area (Å²) in [7, 11) is 0. The molecule has 0 aliphatic rings. The summed E-state index contributed by atoms with van der Waals surface area (Å²) in [4.78, 5) is 10.7. The van der Waals surface area contributed by atoms with Crippen LogP contribution in [0.1, 0.15) is 0 Å². The number of hydrogen-bond acceptors (Lipinski definition) is 3. The van der Waals surface area contributed by atoms with E-state index >= 15 is 0 Å². The van der Waals surface area contributed by atoms with E-state index in [0.717, 1.165) is 20.9 Å². The second-order valence-corrected chi connectivity index (χ2v) is 5.01. The zero-order valence-electron chi connectivity index (χ0n) is 9.63. The van der Waals surface area contributed by atoms with Crippen molar-refractivity contribution in [3.63, 3.8) is 0 Å². The van der Waals surface area contributed by atoms with Gasteiger partial charge in [-0.05, 0) is 23.8 Å². The van der Waals surface area contributed by atoms with Gasteiger partial charge < -0.3 is 0 Å². The van der Waals surface area contributed by atoms with Crippen molar-refractivity contribution in [1.82, 2.24) is 10.2 Å². The zero-order valence-corrected chi connectivity index (χ0v) is 11.2. The molecule has 0 spiro atoms. The van der Waals surface area contributed by atoms with E-state index < -0.39 is 0 Å². The summed E-state index contributed by atoms with van der Waals surface area (Å²) in [6.07, 6.45) is 1.72. The normalized spacial score (nSPS) is 10.8. The Bertz CT molecular complexity index is 782. The first-order valence-corrected chi connectivity index (χ1v) is 6.32. The lowest BCUT2D eigenvalue weighted by Crippen LogP contribution is -1.92. The summed E-state index contributed by atoms with van der Waals surface area (Å²) in [6.45, 7) is 0. The van der Waals surface area contributed by atoms with Crippen molar-refractivity contribution >= 4 is 32.5 Å². The Labute approximate surface area is 116 Å². The molecule has 0 saturated heterocycles. The number of nitro benzene ring substituents is 1. The Kier molecular flexibility index (Phi) is 2.79. The van der Waals surface area contributed by atoms with Crippen molar-refractivity contribution in [3.8, 4) is 11.1 Å². The third-order valence-electron chi connectivity index (χ3n) is 2.91. The molecule has 3 rings (SSSR count). The lowest BCUT2D eigenvalue weighted by molar-refractivity contribution is -0.384. The predicted molar refractivity (Wildman–Crippen MR) is 75.9 cm³/mol. The minimum Gasteiger partial charge on any atom is -0.278 e. The molecule has 0 bridgehead atoms. The molecule has 1 heterocycles. The smallest absolute Gasteiger partial charge is 0.277 e. The average Bonchev–Trinajstić information content (AvgIpc) is 2.85. The first-order valence-electron chi connectivity index (χ1n) is 5.52. The van der Waals surface area contributed by atoms with Gasteiger partial charge in [-0.2, -0.15) is 5.10 Å². The first kappa shape index (κ1) is 11.9. The monoisotopic (exact) mass is 317 g/mol. The van der Waals surface area contributed by atoms with E-state index in [4.69, 9.17) is 0 Å². The predicted octanol–water partition coefficient (Wildman–Crippen LogP) is 3.90. The third-order valence-corrected chi connectivity index (χ3v) is 3.40. The number of nitrogens with zero attached hydrogens (tertiary/aromatic N) is 2. The van der Waals surface area contributed by atoms with E-state index in [9.17, 15) is 10.1 Å². The molecule has 0 amide bonds. The van der Waals surface area contributed by atoms with E-state index in [2.05, 4.69) is 26.1 Å². The number of halogens is 1. The maximum atomic E-state index is 11.1. The van der Waals surface area contributed by atoms with E-state index in [1.807, 2.05) is 18.2 Å². The number of fused-ring (bicyclic) bond motifs is 1. The number of rotatable bonds is 2. The number of nitrogens with one attached hydrogen (secondary N) is 1. The van der Waals surface area contributed by atoms with Gasteiger partial charge in [-0.25, -0.2) is 0 Å². The summed E-state index contributed by atoms with van der Waals surface area (Å²) < 4.78 is 0.804. The highest BCUT2D eigenvalue weighted by molar-refractivity contribution is 9.10. The molecule has 1 N–H and O–H groups in total. The second kappa shape index (κ2) is 4.47. The number of benzene rings is 2. The molecule has 0 saturated carbocycles. The van der Waals surface area contributed by atoms with Crippen molar-refractivity contribution < 1.29 is 4.92 Å². The molecule has 0 unspecified atom stereocenters. The van der Waals surface area contributed by atoms with Crippen molar-refractivity contribution in [3.05, 3.63) is 57.2 Å². The highest BCUT2D eigenvalue weighted by Crippen LogP contribution is 2.33. The highest BCUT2D eigenvalue weighted by Gasteiger charge is 2.15. The van der Waals surface area contributed by atoms with Crippen LogP contribution in [0.25, 0.3) is 22.0 Å². The van der Waals surface area contributed by atoms with Crippen LogP contribution in [0.5, 0.6) is 0 Å². The van der Waals surface area contributed by atoms with Gasteiger partial charge in [0.15, 0.2) is 0 Å². The molecule has 19 heavy (non-hydrogen) atoms. The van der Waals surface area contributed by atoms with Gasteiger partial charge in [0.1, 0.15) is 0 Å². The Morgan fingerprint density at radius 1 is 1.21 bits per heavy atom. The fourth-order valence-corrected chi connectivity index (χ4v) is 2.36. The number of aromatic amines is 1. The first-order chi connectivity index (χ1) is 9.15. The lowest BCUT2D eigenvalue weighted by atomic mass is 10.0. The molecule has 94 valence electrons. The molecule has 0 radical (unpaired) electrons. The molecule has 0 atom stereocenters. The van der Waals surface area contributed by atoms with E-state index in [0.29, 0.717) is 5.56 Å². The highest BCUT2D eigenvalue weighted by atomic mass is 79.9. The van der Waals surface area contributed by atoms with Crippen LogP contribution in [-0.2, 0) is 0 Å². The SMILES string of the molecule is O=[N+]([O-])c1ccc(Br)cc1-c1ccc2cn[nH]c2c1. The molecular weight excluding hydrogens is 310 g/mol. The number of aromatic nitrogens is 2. The molecular formula is C13H8BrN3O2. The van der Waals surface area contributed by atoms with Crippen LogP contribution in [-0.4, -0.2) is 15.1 Å². The molecule has 0 aliphatic carbocycles. The van der Waals surface area contributed by atoms with Gasteiger partial charge in [-0.3, -0.25) is 15.2 Å². The largest absolute Gasteiger partial charge is 0.278 e. The summed E-state index contributed by atoms with van der Waals surface area (Å²) in [5.41, 5.74) is 2.30. The molecule has 2 aromatic carbocycles. The van der Waals surface area contributed by atoms with Crippen LogP contribution in [0.15, 0.2) is 47.1 Å². The Hall–Kier alpha value is -2.21. The fourth-order valence-electron chi connectivity index (χ4n) is 2.00. The third kappa shape index (κ3) is 2.10. The Balaban J connectivity index is 2.24. The Morgan fingerprint density at radius 2 is 2.05 bits per heavy atom. The summed E-state index contributed by atoms with van der Waals surface area (Å²) >= 11 is 3.34. The standard InChI is InChI=1S/C13H8BrN3O2/c14-10-3-4-13(17(18)19)11(6-10)8-1-2-9-7-15-16-12(9)5-8/h1-7H,(H,15,16). The van der Waals surface area contributed by atoms with E-state index in [1.54, 1.807) is 18.3 Å². The van der Waals surface area contributed by atoms with Crippen LogP contribution in [0.4, 0.5) is 5.69 Å². The molecule has 6 heteroatoms. The summed E-state index contributed by atoms with van der Waals surface area (Å²) in [5, 5.41) is 18.9. The summed E-state index contributed by atoms with van der Waals surface area (Å²) in [6, 6.07) is 10.5. The van der Waals surface area contributed by atoms with Gasteiger partial charge in [0.05, 0.1) is 22.2 Å². The molecule has 0 aliphatic heterocycles. The minimum absolute atomic E-state index is 0.0852. The molecule has 5 nitrogen and oxygen atoms in total.